The number of carbonyl (C=O) groups excluding carboxylic acids is 1. The molecule has 1 aromatic carbocycles. The summed E-state index contributed by atoms with van der Waals surface area (Å²) >= 11 is 1.60. The van der Waals surface area contributed by atoms with Crippen molar-refractivity contribution in [1.82, 2.24) is 0 Å². The summed E-state index contributed by atoms with van der Waals surface area (Å²) < 4.78 is 0. The molecular weight excluding hydrogens is 256 g/mol. The Bertz CT molecular complexity index is 430. The van der Waals surface area contributed by atoms with Gasteiger partial charge in [0.15, 0.2) is 0 Å². The first-order chi connectivity index (χ1) is 8.25. The molecule has 18 heavy (non-hydrogen) atoms. The molecule has 3 heteroatoms. The van der Waals surface area contributed by atoms with Crippen LogP contribution in [0, 0.1) is 0 Å². The van der Waals surface area contributed by atoms with E-state index >= 15 is 0 Å². The number of allylic oxidation sites excluding steroid dienone is 1. The van der Waals surface area contributed by atoms with Gasteiger partial charge in [-0.05, 0) is 28.7 Å². The quantitative estimate of drug-likeness (QED) is 0.442. The Hall–Kier alpha value is -0.803. The van der Waals surface area contributed by atoms with E-state index in [1.807, 2.05) is 35.7 Å². The minimum atomic E-state index is -1.89. The number of hydrogen-bond donors (Lipinski definition) is 0. The molecule has 0 aliphatic carbocycles. The van der Waals surface area contributed by atoms with Gasteiger partial charge in [-0.15, -0.1) is 0 Å². The van der Waals surface area contributed by atoms with E-state index in [4.69, 9.17) is 0 Å². The predicted molar refractivity (Wildman–Crippen MR) is 83.6 cm³/mol. The molecule has 1 rings (SSSR count). The molecule has 0 fully saturated rings. The summed E-state index contributed by atoms with van der Waals surface area (Å²) in [4.78, 5) is 13.4. The van der Waals surface area contributed by atoms with Gasteiger partial charge in [0.1, 0.15) is 13.5 Å². The van der Waals surface area contributed by atoms with Crippen LogP contribution in [-0.2, 0) is 4.79 Å². The molecule has 0 amide bonds. The first-order valence-electron chi connectivity index (χ1n) is 6.18. The van der Waals surface area contributed by atoms with E-state index in [1.165, 1.54) is 0 Å². The van der Waals surface area contributed by atoms with Crippen LogP contribution in [-0.4, -0.2) is 13.5 Å². The Labute approximate surface area is 116 Å². The lowest BCUT2D eigenvalue weighted by atomic mass is 10.2. The molecule has 1 nitrogen and oxygen atoms in total. The average molecular weight is 278 g/mol. The van der Waals surface area contributed by atoms with Gasteiger partial charge in [-0.3, -0.25) is 0 Å². The summed E-state index contributed by atoms with van der Waals surface area (Å²) in [6.07, 6.45) is 1.76. The zero-order valence-corrected chi connectivity index (χ0v) is 13.7. The summed E-state index contributed by atoms with van der Waals surface area (Å²) in [5, 5.41) is 2.34. The Morgan fingerprint density at radius 3 is 2.22 bits per heavy atom. The van der Waals surface area contributed by atoms with E-state index in [0.29, 0.717) is 5.41 Å². The fraction of sp³-hybridized carbons (Fsp3) is 0.400. The lowest BCUT2D eigenvalue weighted by Gasteiger charge is -2.34. The highest BCUT2D eigenvalue weighted by molar-refractivity contribution is 8.02. The number of rotatable bonds is 4. The molecule has 0 bridgehead atoms. The molecule has 0 radical (unpaired) electrons. The van der Waals surface area contributed by atoms with Crippen molar-refractivity contribution in [1.29, 1.82) is 0 Å². The van der Waals surface area contributed by atoms with Gasteiger partial charge in [0, 0.05) is 4.90 Å². The van der Waals surface area contributed by atoms with Crippen LogP contribution in [0.1, 0.15) is 20.8 Å². The summed E-state index contributed by atoms with van der Waals surface area (Å²) in [6, 6.07) is 10.1. The van der Waals surface area contributed by atoms with Gasteiger partial charge >= 0.3 is 0 Å². The average Bonchev–Trinajstić information content (AvgIpc) is 2.28. The highest BCUT2D eigenvalue weighted by atomic mass is 32.2. The van der Waals surface area contributed by atoms with Crippen LogP contribution < -0.4 is 0 Å². The van der Waals surface area contributed by atoms with Crippen LogP contribution in [0.15, 0.2) is 46.7 Å². The second-order valence-corrected chi connectivity index (χ2v) is 12.2. The van der Waals surface area contributed by atoms with Gasteiger partial charge in [0.05, 0.1) is 0 Å². The normalized spacial score (nSPS) is 12.9. The molecule has 0 aliphatic heterocycles. The Morgan fingerprint density at radius 1 is 1.17 bits per heavy atom. The zero-order valence-electron chi connectivity index (χ0n) is 11.9. The maximum atomic E-state index is 12.3. The lowest BCUT2D eigenvalue weighted by molar-refractivity contribution is -0.108. The van der Waals surface area contributed by atoms with Gasteiger partial charge < -0.3 is 4.79 Å². The number of carbonyl (C=O) groups is 1. The molecule has 0 saturated heterocycles. The predicted octanol–water partition coefficient (Wildman–Crippen LogP) is 4.91. The first-order valence-corrected chi connectivity index (χ1v) is 10.1. The fourth-order valence-corrected chi connectivity index (χ4v) is 3.27. The van der Waals surface area contributed by atoms with Gasteiger partial charge in [-0.2, -0.15) is 0 Å². The van der Waals surface area contributed by atoms with Gasteiger partial charge in [-0.25, -0.2) is 0 Å². The molecule has 0 atom stereocenters. The Balaban J connectivity index is 2.66. The highest BCUT2D eigenvalue weighted by Crippen LogP contribution is 2.36. The topological polar surface area (TPSA) is 17.1 Å². The summed E-state index contributed by atoms with van der Waals surface area (Å²) in [6.45, 7) is 10.8. The van der Waals surface area contributed by atoms with Crippen LogP contribution in [0.5, 0.6) is 0 Å². The monoisotopic (exact) mass is 278 g/mol. The maximum Gasteiger partial charge on any atom is 0.137 e. The van der Waals surface area contributed by atoms with Crippen molar-refractivity contribution in [3.8, 4) is 0 Å². The van der Waals surface area contributed by atoms with Crippen molar-refractivity contribution in [2.75, 3.05) is 0 Å². The first kappa shape index (κ1) is 15.3. The van der Waals surface area contributed by atoms with Gasteiger partial charge in [0.25, 0.3) is 0 Å². The Morgan fingerprint density at radius 2 is 1.72 bits per heavy atom. The molecule has 98 valence electrons. The van der Waals surface area contributed by atoms with Crippen molar-refractivity contribution in [3.05, 3.63) is 41.8 Å². The smallest absolute Gasteiger partial charge is 0.137 e. The minimum absolute atomic E-state index is 0.103. The molecule has 0 unspecified atom stereocenters. The third-order valence-electron chi connectivity index (χ3n) is 3.66. The van der Waals surface area contributed by atoms with Crippen molar-refractivity contribution < 1.29 is 4.79 Å². The standard InChI is InChI=1S/C15H22OSSi/c1-15(2,3)18(4,5)14(16)11-12-17-13-9-7-6-8-10-13/h6-12H,1-5H3/b12-11+. The van der Waals surface area contributed by atoms with Crippen LogP contribution in [0.3, 0.4) is 0 Å². The van der Waals surface area contributed by atoms with Gasteiger partial charge in [0.2, 0.25) is 0 Å². The van der Waals surface area contributed by atoms with Crippen molar-refractivity contribution in [2.24, 2.45) is 0 Å². The van der Waals surface area contributed by atoms with Crippen LogP contribution in [0.2, 0.25) is 18.1 Å². The summed E-state index contributed by atoms with van der Waals surface area (Å²) in [7, 11) is -1.89. The van der Waals surface area contributed by atoms with Crippen molar-refractivity contribution in [3.63, 3.8) is 0 Å². The molecule has 0 N–H and O–H groups in total. The third-order valence-corrected chi connectivity index (χ3v) is 9.62. The maximum absolute atomic E-state index is 12.3. The van der Waals surface area contributed by atoms with Crippen LogP contribution in [0.4, 0.5) is 0 Å². The lowest BCUT2D eigenvalue weighted by Crippen LogP contribution is -2.45. The van der Waals surface area contributed by atoms with E-state index in [9.17, 15) is 4.79 Å². The van der Waals surface area contributed by atoms with E-state index < -0.39 is 8.07 Å². The number of hydrogen-bond acceptors (Lipinski definition) is 2. The van der Waals surface area contributed by atoms with E-state index in [0.717, 1.165) is 4.90 Å². The summed E-state index contributed by atoms with van der Waals surface area (Å²) in [5.41, 5.74) is 0. The molecule has 0 aromatic heterocycles. The van der Waals surface area contributed by atoms with Crippen molar-refractivity contribution in [2.45, 2.75) is 43.8 Å². The van der Waals surface area contributed by atoms with E-state index in [-0.39, 0.29) is 5.04 Å². The summed E-state index contributed by atoms with van der Waals surface area (Å²) in [5.74, 6) is 0. The molecule has 1 aromatic rings. The Kier molecular flexibility index (Phi) is 4.99. The zero-order chi connectivity index (χ0) is 13.8. The van der Waals surface area contributed by atoms with E-state index in [2.05, 4.69) is 33.9 Å². The second kappa shape index (κ2) is 5.89. The fourth-order valence-electron chi connectivity index (χ4n) is 1.25. The largest absolute Gasteiger partial charge is 0.301 e. The van der Waals surface area contributed by atoms with Crippen molar-refractivity contribution >= 4 is 25.2 Å². The molecule has 0 aliphatic rings. The SMILES string of the molecule is CC(C)(C)[Si](C)(C)C(=O)/C=C/Sc1ccccc1. The molecule has 0 spiro atoms. The molecule has 0 saturated carbocycles. The minimum Gasteiger partial charge on any atom is -0.301 e. The number of thioether (sulfide) groups is 1. The van der Waals surface area contributed by atoms with Crippen LogP contribution >= 0.6 is 11.8 Å². The molecule has 0 heterocycles. The van der Waals surface area contributed by atoms with Crippen LogP contribution in [0.25, 0.3) is 0 Å². The van der Waals surface area contributed by atoms with Gasteiger partial charge in [-0.1, -0.05) is 63.8 Å². The molecular formula is C15H22OSSi. The second-order valence-electron chi connectivity index (χ2n) is 5.97. The third kappa shape index (κ3) is 3.85. The number of benzene rings is 1. The van der Waals surface area contributed by atoms with E-state index in [1.54, 1.807) is 17.8 Å². The highest BCUT2D eigenvalue weighted by Gasteiger charge is 2.40.